The fourth-order valence-electron chi connectivity index (χ4n) is 1.13. The highest BCUT2D eigenvalue weighted by Crippen LogP contribution is 2.01. The van der Waals surface area contributed by atoms with E-state index in [1.807, 2.05) is 13.0 Å². The molecule has 2 rings (SSSR count). The second kappa shape index (κ2) is 3.06. The van der Waals surface area contributed by atoms with Crippen molar-refractivity contribution < 1.29 is 0 Å². The van der Waals surface area contributed by atoms with E-state index in [-0.39, 0.29) is 5.69 Å². The van der Waals surface area contributed by atoms with Gasteiger partial charge in [0.15, 0.2) is 5.82 Å². The van der Waals surface area contributed by atoms with Crippen LogP contribution in [0, 0.1) is 13.8 Å². The van der Waals surface area contributed by atoms with Gasteiger partial charge in [0, 0.05) is 0 Å². The van der Waals surface area contributed by atoms with Gasteiger partial charge >= 0.3 is 5.69 Å². The third kappa shape index (κ3) is 1.41. The van der Waals surface area contributed by atoms with Crippen LogP contribution in [0.4, 0.5) is 0 Å². The molecule has 0 atom stereocenters. The Bertz CT molecular complexity index is 495. The summed E-state index contributed by atoms with van der Waals surface area (Å²) in [6.45, 7) is 3.57. The van der Waals surface area contributed by atoms with Crippen LogP contribution >= 0.6 is 0 Å². The molecule has 14 heavy (non-hydrogen) atoms. The van der Waals surface area contributed by atoms with Gasteiger partial charge < -0.3 is 0 Å². The molecule has 0 fully saturated rings. The highest BCUT2D eigenvalue weighted by atomic mass is 16.1. The van der Waals surface area contributed by atoms with Gasteiger partial charge in [-0.15, -0.1) is 5.10 Å². The topological polar surface area (TPSA) is 76.5 Å². The van der Waals surface area contributed by atoms with Crippen LogP contribution in [-0.2, 0) is 0 Å². The molecule has 2 aromatic heterocycles. The van der Waals surface area contributed by atoms with Crippen LogP contribution < -0.4 is 5.69 Å². The van der Waals surface area contributed by atoms with Crippen LogP contribution in [-0.4, -0.2) is 25.0 Å². The Balaban J connectivity index is 2.54. The lowest BCUT2D eigenvalue weighted by molar-refractivity contribution is 0.774. The van der Waals surface area contributed by atoms with Gasteiger partial charge in [-0.05, 0) is 26.0 Å². The number of aromatic nitrogens is 5. The van der Waals surface area contributed by atoms with Crippen LogP contribution in [0.1, 0.15) is 11.5 Å². The van der Waals surface area contributed by atoms with Gasteiger partial charge in [-0.25, -0.2) is 14.6 Å². The number of H-pyrrole nitrogens is 1. The average Bonchev–Trinajstić information content (AvgIpc) is 2.47. The zero-order valence-electron chi connectivity index (χ0n) is 7.85. The Morgan fingerprint density at radius 2 is 2.07 bits per heavy atom. The summed E-state index contributed by atoms with van der Waals surface area (Å²) in [7, 11) is 0. The second-order valence-electron chi connectivity index (χ2n) is 2.94. The normalized spacial score (nSPS) is 10.4. The smallest absolute Gasteiger partial charge is 0.244 e. The molecule has 0 radical (unpaired) electrons. The molecular formula is C8H9N5O. The molecule has 0 saturated heterocycles. The van der Waals surface area contributed by atoms with E-state index in [4.69, 9.17) is 0 Å². The van der Waals surface area contributed by atoms with Gasteiger partial charge in [0.25, 0.3) is 0 Å². The predicted molar refractivity (Wildman–Crippen MR) is 49.2 cm³/mol. The van der Waals surface area contributed by atoms with Gasteiger partial charge in [0.05, 0.1) is 5.69 Å². The molecule has 0 aromatic carbocycles. The molecule has 0 saturated carbocycles. The fourth-order valence-corrected chi connectivity index (χ4v) is 1.13. The van der Waals surface area contributed by atoms with Crippen molar-refractivity contribution in [1.29, 1.82) is 0 Å². The van der Waals surface area contributed by atoms with E-state index in [2.05, 4.69) is 20.3 Å². The third-order valence-corrected chi connectivity index (χ3v) is 1.81. The Hall–Kier alpha value is -1.98. The highest BCUT2D eigenvalue weighted by molar-refractivity contribution is 5.20. The van der Waals surface area contributed by atoms with E-state index < -0.39 is 0 Å². The first-order chi connectivity index (χ1) is 6.66. The first kappa shape index (κ1) is 8.61. The Labute approximate surface area is 79.6 Å². The summed E-state index contributed by atoms with van der Waals surface area (Å²) in [4.78, 5) is 14.6. The molecule has 0 aliphatic carbocycles. The van der Waals surface area contributed by atoms with Crippen molar-refractivity contribution in [3.63, 3.8) is 0 Å². The second-order valence-corrected chi connectivity index (χ2v) is 2.94. The summed E-state index contributed by atoms with van der Waals surface area (Å²) < 4.78 is 1.49. The summed E-state index contributed by atoms with van der Waals surface area (Å²) in [6.07, 6.45) is 0. The van der Waals surface area contributed by atoms with E-state index in [9.17, 15) is 4.79 Å². The van der Waals surface area contributed by atoms with E-state index in [0.29, 0.717) is 11.6 Å². The van der Waals surface area contributed by atoms with Crippen LogP contribution in [0.15, 0.2) is 16.9 Å². The van der Waals surface area contributed by atoms with E-state index in [0.717, 1.165) is 5.69 Å². The van der Waals surface area contributed by atoms with Crippen molar-refractivity contribution in [3.05, 3.63) is 34.1 Å². The van der Waals surface area contributed by atoms with Crippen molar-refractivity contribution in [2.24, 2.45) is 0 Å². The number of nitrogens with zero attached hydrogens (tertiary/aromatic N) is 4. The van der Waals surface area contributed by atoms with E-state index >= 15 is 0 Å². The monoisotopic (exact) mass is 191 g/mol. The minimum Gasteiger partial charge on any atom is -0.244 e. The zero-order chi connectivity index (χ0) is 10.1. The molecule has 0 amide bonds. The van der Waals surface area contributed by atoms with Crippen molar-refractivity contribution in [2.75, 3.05) is 0 Å². The molecular weight excluding hydrogens is 182 g/mol. The first-order valence-corrected chi connectivity index (χ1v) is 4.13. The molecule has 2 aromatic rings. The maximum atomic E-state index is 10.9. The van der Waals surface area contributed by atoms with Gasteiger partial charge in [0.2, 0.25) is 0 Å². The van der Waals surface area contributed by atoms with E-state index in [1.165, 1.54) is 4.68 Å². The fraction of sp³-hybridized carbons (Fsp3) is 0.250. The number of aromatic amines is 1. The average molecular weight is 191 g/mol. The number of aryl methyl sites for hydroxylation is 2. The number of hydrogen-bond donors (Lipinski definition) is 1. The largest absolute Gasteiger partial charge is 0.361 e. The lowest BCUT2D eigenvalue weighted by Gasteiger charge is -2.00. The van der Waals surface area contributed by atoms with Crippen molar-refractivity contribution >= 4 is 0 Å². The van der Waals surface area contributed by atoms with Gasteiger partial charge in [-0.2, -0.15) is 10.1 Å². The Kier molecular flexibility index (Phi) is 1.88. The van der Waals surface area contributed by atoms with Crippen molar-refractivity contribution in [1.82, 2.24) is 25.0 Å². The van der Waals surface area contributed by atoms with Crippen LogP contribution in [0.2, 0.25) is 0 Å². The number of rotatable bonds is 1. The van der Waals surface area contributed by atoms with Crippen molar-refractivity contribution in [3.8, 4) is 5.82 Å². The Morgan fingerprint density at radius 1 is 1.29 bits per heavy atom. The molecule has 6 heteroatoms. The molecule has 6 nitrogen and oxygen atoms in total. The number of nitrogens with one attached hydrogen (secondary N) is 1. The van der Waals surface area contributed by atoms with Crippen LogP contribution in [0.5, 0.6) is 0 Å². The minimum atomic E-state index is -0.384. The summed E-state index contributed by atoms with van der Waals surface area (Å²) in [5.41, 5.74) is 0.443. The molecule has 72 valence electrons. The molecule has 1 N–H and O–H groups in total. The maximum absolute atomic E-state index is 10.9. The lowest BCUT2D eigenvalue weighted by atomic mass is 10.4. The van der Waals surface area contributed by atoms with E-state index in [1.54, 1.807) is 13.0 Å². The maximum Gasteiger partial charge on any atom is 0.361 e. The Morgan fingerprint density at radius 3 is 2.57 bits per heavy atom. The molecule has 0 bridgehead atoms. The standard InChI is InChI=1S/C8H9N5O/c1-5-3-4-7(11-10-5)13-6(2)9-8(14)12-13/h3-4H,1-2H3,(H,12,14). The van der Waals surface area contributed by atoms with Gasteiger partial charge in [-0.1, -0.05) is 0 Å². The summed E-state index contributed by atoms with van der Waals surface area (Å²) in [5.74, 6) is 1.12. The lowest BCUT2D eigenvalue weighted by Crippen LogP contribution is -2.07. The van der Waals surface area contributed by atoms with Crippen LogP contribution in [0.3, 0.4) is 0 Å². The SMILES string of the molecule is Cc1ccc(-n2[nH]c(=O)nc2C)nn1. The zero-order valence-corrected chi connectivity index (χ0v) is 7.85. The first-order valence-electron chi connectivity index (χ1n) is 4.13. The minimum absolute atomic E-state index is 0.384. The summed E-state index contributed by atoms with van der Waals surface area (Å²) in [5, 5.41) is 10.3. The number of hydrogen-bond acceptors (Lipinski definition) is 4. The summed E-state index contributed by atoms with van der Waals surface area (Å²) in [6, 6.07) is 3.59. The predicted octanol–water partition coefficient (Wildman–Crippen LogP) is -0.0326. The third-order valence-electron chi connectivity index (χ3n) is 1.81. The molecule has 0 aliphatic heterocycles. The van der Waals surface area contributed by atoms with Crippen molar-refractivity contribution in [2.45, 2.75) is 13.8 Å². The quantitative estimate of drug-likeness (QED) is 0.686. The molecule has 0 aliphatic rings. The molecule has 0 unspecified atom stereocenters. The summed E-state index contributed by atoms with van der Waals surface area (Å²) >= 11 is 0. The van der Waals surface area contributed by atoms with Gasteiger partial charge in [0.1, 0.15) is 5.82 Å². The highest BCUT2D eigenvalue weighted by Gasteiger charge is 2.04. The van der Waals surface area contributed by atoms with Crippen LogP contribution in [0.25, 0.3) is 5.82 Å². The molecule has 0 spiro atoms. The molecule has 2 heterocycles. The van der Waals surface area contributed by atoms with Gasteiger partial charge in [-0.3, -0.25) is 0 Å².